The largest absolute Gasteiger partial charge is 0.354 e. The average Bonchev–Trinajstić information content (AvgIpc) is 2.38. The number of hydrogen-bond donors (Lipinski definition) is 2. The second-order valence-electron chi connectivity index (χ2n) is 4.36. The van der Waals surface area contributed by atoms with Gasteiger partial charge in [0.1, 0.15) is 4.90 Å². The Morgan fingerprint density at radius 3 is 2.75 bits per heavy atom. The number of carbonyl (C=O) groups excluding carboxylic acids is 1. The number of amides is 1. The van der Waals surface area contributed by atoms with Gasteiger partial charge in [0.15, 0.2) is 0 Å². The normalized spacial score (nSPS) is 12.9. The highest BCUT2D eigenvalue weighted by atomic mass is 79.9. The summed E-state index contributed by atoms with van der Waals surface area (Å²) >= 11 is 3.16. The van der Waals surface area contributed by atoms with Gasteiger partial charge in [-0.15, -0.1) is 0 Å². The lowest BCUT2D eigenvalue weighted by molar-refractivity contribution is -0.121. The van der Waals surface area contributed by atoms with Crippen molar-refractivity contribution in [2.75, 3.05) is 6.54 Å². The maximum Gasteiger partial charge on any atom is 0.242 e. The topological polar surface area (TPSA) is 88.2 Å². The number of nitrogens with one attached hydrogen (secondary N) is 2. The third-order valence-electron chi connectivity index (χ3n) is 2.65. The molecule has 0 saturated carbocycles. The molecule has 1 atom stereocenters. The average molecular weight is 364 g/mol. The van der Waals surface area contributed by atoms with Crippen molar-refractivity contribution in [2.45, 2.75) is 37.6 Å². The molecule has 6 nitrogen and oxygen atoms in total. The summed E-state index contributed by atoms with van der Waals surface area (Å²) in [5, 5.41) is 2.77. The molecule has 1 rings (SSSR count). The van der Waals surface area contributed by atoms with Gasteiger partial charge in [0.05, 0.1) is 0 Å². The van der Waals surface area contributed by atoms with Crippen LogP contribution in [0.15, 0.2) is 27.8 Å². The molecule has 1 unspecified atom stereocenters. The lowest BCUT2D eigenvalue weighted by atomic mass is 10.2. The molecule has 1 aromatic heterocycles. The molecule has 0 bridgehead atoms. The molecule has 1 aromatic rings. The Hall–Kier alpha value is -0.990. The third-order valence-corrected chi connectivity index (χ3v) is 4.52. The summed E-state index contributed by atoms with van der Waals surface area (Å²) in [7, 11) is -3.63. The van der Waals surface area contributed by atoms with Crippen LogP contribution in [-0.4, -0.2) is 31.9 Å². The van der Waals surface area contributed by atoms with E-state index in [-0.39, 0.29) is 29.8 Å². The fourth-order valence-electron chi connectivity index (χ4n) is 1.37. The number of sulfonamides is 1. The summed E-state index contributed by atoms with van der Waals surface area (Å²) < 4.78 is 26.8. The van der Waals surface area contributed by atoms with Gasteiger partial charge in [0, 0.05) is 35.9 Å². The van der Waals surface area contributed by atoms with E-state index in [0.717, 1.165) is 6.42 Å². The van der Waals surface area contributed by atoms with Gasteiger partial charge in [-0.25, -0.2) is 13.1 Å². The Labute approximate surface area is 127 Å². The predicted molar refractivity (Wildman–Crippen MR) is 79.6 cm³/mol. The SMILES string of the molecule is CCC(C)NC(=O)CCNS(=O)(=O)c1cncc(Br)c1. The maximum absolute atomic E-state index is 11.9. The second kappa shape index (κ2) is 7.70. The first-order valence-corrected chi connectivity index (χ1v) is 8.52. The highest BCUT2D eigenvalue weighted by Gasteiger charge is 2.15. The molecular weight excluding hydrogens is 346 g/mol. The van der Waals surface area contributed by atoms with Crippen LogP contribution in [0.1, 0.15) is 26.7 Å². The van der Waals surface area contributed by atoms with Crippen molar-refractivity contribution in [3.05, 3.63) is 22.9 Å². The molecule has 0 saturated heterocycles. The van der Waals surface area contributed by atoms with Crippen LogP contribution < -0.4 is 10.0 Å². The van der Waals surface area contributed by atoms with Crippen molar-refractivity contribution >= 4 is 31.9 Å². The number of aromatic nitrogens is 1. The van der Waals surface area contributed by atoms with Gasteiger partial charge in [-0.1, -0.05) is 6.92 Å². The number of carbonyl (C=O) groups is 1. The van der Waals surface area contributed by atoms with E-state index < -0.39 is 10.0 Å². The molecule has 0 aliphatic heterocycles. The number of hydrogen-bond acceptors (Lipinski definition) is 4. The van der Waals surface area contributed by atoms with Crippen LogP contribution >= 0.6 is 15.9 Å². The predicted octanol–water partition coefficient (Wildman–Crippen LogP) is 1.43. The van der Waals surface area contributed by atoms with Crippen LogP contribution in [0.4, 0.5) is 0 Å². The van der Waals surface area contributed by atoms with E-state index >= 15 is 0 Å². The van der Waals surface area contributed by atoms with Gasteiger partial charge in [-0.2, -0.15) is 0 Å². The quantitative estimate of drug-likeness (QED) is 0.766. The minimum Gasteiger partial charge on any atom is -0.354 e. The molecule has 1 heterocycles. The minimum absolute atomic E-state index is 0.0527. The first-order valence-electron chi connectivity index (χ1n) is 6.24. The van der Waals surface area contributed by atoms with E-state index in [0.29, 0.717) is 4.47 Å². The van der Waals surface area contributed by atoms with Gasteiger partial charge >= 0.3 is 0 Å². The van der Waals surface area contributed by atoms with E-state index in [9.17, 15) is 13.2 Å². The fourth-order valence-corrected chi connectivity index (χ4v) is 2.91. The molecule has 0 spiro atoms. The zero-order valence-electron chi connectivity index (χ0n) is 11.4. The highest BCUT2D eigenvalue weighted by molar-refractivity contribution is 9.10. The number of pyridine rings is 1. The van der Waals surface area contributed by atoms with E-state index in [1.54, 1.807) is 0 Å². The summed E-state index contributed by atoms with van der Waals surface area (Å²) in [6.45, 7) is 3.92. The number of halogens is 1. The molecule has 0 aliphatic rings. The molecule has 8 heteroatoms. The first-order chi connectivity index (χ1) is 9.35. The molecule has 0 aliphatic carbocycles. The zero-order valence-corrected chi connectivity index (χ0v) is 13.8. The van der Waals surface area contributed by atoms with Crippen LogP contribution in [0.5, 0.6) is 0 Å². The van der Waals surface area contributed by atoms with E-state index in [2.05, 4.69) is 31.0 Å². The highest BCUT2D eigenvalue weighted by Crippen LogP contribution is 2.13. The molecule has 20 heavy (non-hydrogen) atoms. The Morgan fingerprint density at radius 2 is 2.15 bits per heavy atom. The standard InChI is InChI=1S/C12H18BrN3O3S/c1-3-9(2)16-12(17)4-5-15-20(18,19)11-6-10(13)7-14-8-11/h6-9,15H,3-5H2,1-2H3,(H,16,17). The van der Waals surface area contributed by atoms with E-state index in [1.165, 1.54) is 18.5 Å². The Morgan fingerprint density at radius 1 is 1.45 bits per heavy atom. The van der Waals surface area contributed by atoms with Crippen LogP contribution in [-0.2, 0) is 14.8 Å². The molecular formula is C12H18BrN3O3S. The van der Waals surface area contributed by atoms with Crippen LogP contribution in [0.2, 0.25) is 0 Å². The van der Waals surface area contributed by atoms with Crippen molar-refractivity contribution in [3.63, 3.8) is 0 Å². The molecule has 0 radical (unpaired) electrons. The lowest BCUT2D eigenvalue weighted by Gasteiger charge is -2.11. The Kier molecular flexibility index (Phi) is 6.57. The van der Waals surface area contributed by atoms with Gasteiger partial charge in [-0.3, -0.25) is 9.78 Å². The molecule has 0 aromatic carbocycles. The zero-order chi connectivity index (χ0) is 15.2. The van der Waals surface area contributed by atoms with Gasteiger partial charge < -0.3 is 5.32 Å². The van der Waals surface area contributed by atoms with Crippen molar-refractivity contribution < 1.29 is 13.2 Å². The van der Waals surface area contributed by atoms with Gasteiger partial charge in [0.25, 0.3) is 0 Å². The van der Waals surface area contributed by atoms with Gasteiger partial charge in [-0.05, 0) is 35.3 Å². The lowest BCUT2D eigenvalue weighted by Crippen LogP contribution is -2.35. The van der Waals surface area contributed by atoms with E-state index in [1.807, 2.05) is 13.8 Å². The summed E-state index contributed by atoms with van der Waals surface area (Å²) in [6.07, 6.45) is 3.69. The van der Waals surface area contributed by atoms with Crippen LogP contribution in [0.3, 0.4) is 0 Å². The number of rotatable bonds is 7. The molecule has 2 N–H and O–H groups in total. The summed E-state index contributed by atoms with van der Waals surface area (Å²) in [5.41, 5.74) is 0. The summed E-state index contributed by atoms with van der Waals surface area (Å²) in [4.78, 5) is 15.4. The van der Waals surface area contributed by atoms with Crippen molar-refractivity contribution in [3.8, 4) is 0 Å². The molecule has 0 fully saturated rings. The fraction of sp³-hybridized carbons (Fsp3) is 0.500. The maximum atomic E-state index is 11.9. The first kappa shape index (κ1) is 17.1. The second-order valence-corrected chi connectivity index (χ2v) is 7.05. The van der Waals surface area contributed by atoms with E-state index in [4.69, 9.17) is 0 Å². The Balaban J connectivity index is 2.51. The molecule has 1 amide bonds. The van der Waals surface area contributed by atoms with Crippen LogP contribution in [0.25, 0.3) is 0 Å². The van der Waals surface area contributed by atoms with Gasteiger partial charge in [0.2, 0.25) is 15.9 Å². The third kappa shape index (κ3) is 5.56. The number of nitrogens with zero attached hydrogens (tertiary/aromatic N) is 1. The van der Waals surface area contributed by atoms with Crippen molar-refractivity contribution in [2.24, 2.45) is 0 Å². The minimum atomic E-state index is -3.63. The molecule has 112 valence electrons. The monoisotopic (exact) mass is 363 g/mol. The summed E-state index contributed by atoms with van der Waals surface area (Å²) in [6, 6.07) is 1.54. The summed E-state index contributed by atoms with van der Waals surface area (Å²) in [5.74, 6) is -0.172. The Bertz CT molecular complexity index is 563. The van der Waals surface area contributed by atoms with Crippen LogP contribution in [0, 0.1) is 0 Å². The van der Waals surface area contributed by atoms with Crippen molar-refractivity contribution in [1.82, 2.24) is 15.0 Å². The smallest absolute Gasteiger partial charge is 0.242 e. The van der Waals surface area contributed by atoms with Crippen molar-refractivity contribution in [1.29, 1.82) is 0 Å².